The zero-order chi connectivity index (χ0) is 16.9. The average molecular weight is 396 g/mol. The van der Waals surface area contributed by atoms with Crippen LogP contribution in [0.3, 0.4) is 0 Å². The molecule has 0 atom stereocenters. The number of nitrogens with zero attached hydrogens (tertiary/aromatic N) is 1. The van der Waals surface area contributed by atoms with Gasteiger partial charge in [-0.1, -0.05) is 57.5 Å². The number of aryl methyl sites for hydroxylation is 2. The second-order valence-electron chi connectivity index (χ2n) is 5.67. The van der Waals surface area contributed by atoms with E-state index in [9.17, 15) is 0 Å². The second kappa shape index (κ2) is 7.82. The number of halogens is 1. The van der Waals surface area contributed by atoms with E-state index in [2.05, 4.69) is 89.4 Å². The van der Waals surface area contributed by atoms with Gasteiger partial charge in [-0.3, -0.25) is 4.99 Å². The van der Waals surface area contributed by atoms with Gasteiger partial charge in [-0.25, -0.2) is 0 Å². The number of hydrogen-bond donors (Lipinski definition) is 0. The number of rotatable bonds is 4. The van der Waals surface area contributed by atoms with Crippen molar-refractivity contribution in [2.45, 2.75) is 23.6 Å². The molecule has 3 rings (SSSR count). The van der Waals surface area contributed by atoms with E-state index in [0.717, 1.165) is 21.3 Å². The number of aliphatic imine (C=N–C) groups is 1. The summed E-state index contributed by atoms with van der Waals surface area (Å²) in [5.41, 5.74) is 4.54. The molecule has 0 saturated carbocycles. The molecule has 0 spiro atoms. The van der Waals surface area contributed by atoms with E-state index in [1.165, 1.54) is 15.4 Å². The number of hydrogen-bond acceptors (Lipinski definition) is 2. The Kier molecular flexibility index (Phi) is 5.54. The largest absolute Gasteiger partial charge is 0.256 e. The van der Waals surface area contributed by atoms with Gasteiger partial charge in [0.15, 0.2) is 0 Å². The smallest absolute Gasteiger partial charge is 0.0659 e. The van der Waals surface area contributed by atoms with E-state index in [1.807, 2.05) is 18.3 Å². The lowest BCUT2D eigenvalue weighted by Crippen LogP contribution is -1.82. The van der Waals surface area contributed by atoms with Crippen molar-refractivity contribution in [3.63, 3.8) is 0 Å². The van der Waals surface area contributed by atoms with Gasteiger partial charge in [0, 0.05) is 20.5 Å². The summed E-state index contributed by atoms with van der Waals surface area (Å²) in [7, 11) is 0. The lowest BCUT2D eigenvalue weighted by atomic mass is 10.2. The lowest BCUT2D eigenvalue weighted by Gasteiger charge is -2.03. The Labute approximate surface area is 156 Å². The van der Waals surface area contributed by atoms with Crippen LogP contribution in [0.25, 0.3) is 0 Å². The Morgan fingerprint density at radius 3 is 2.08 bits per heavy atom. The molecule has 0 aliphatic heterocycles. The summed E-state index contributed by atoms with van der Waals surface area (Å²) in [5, 5.41) is 0. The third-order valence-electron chi connectivity index (χ3n) is 3.65. The Morgan fingerprint density at radius 2 is 1.46 bits per heavy atom. The fraction of sp³-hybridized carbons (Fsp3) is 0.0952. The third kappa shape index (κ3) is 4.59. The maximum atomic E-state index is 4.59. The molecule has 0 saturated heterocycles. The lowest BCUT2D eigenvalue weighted by molar-refractivity contribution is 1.36. The van der Waals surface area contributed by atoms with Gasteiger partial charge < -0.3 is 0 Å². The van der Waals surface area contributed by atoms with Crippen LogP contribution >= 0.6 is 27.7 Å². The average Bonchev–Trinajstić information content (AvgIpc) is 2.57. The summed E-state index contributed by atoms with van der Waals surface area (Å²) in [6.45, 7) is 4.18. The Morgan fingerprint density at radius 1 is 0.833 bits per heavy atom. The van der Waals surface area contributed by atoms with Crippen molar-refractivity contribution in [3.05, 3.63) is 87.9 Å². The van der Waals surface area contributed by atoms with Gasteiger partial charge in [0.05, 0.1) is 5.69 Å². The summed E-state index contributed by atoms with van der Waals surface area (Å²) in [4.78, 5) is 7.08. The SMILES string of the molecule is Cc1ccc(Sc2ccc(C=Nc3ccc(Br)cc3C)cc2)cc1. The molecule has 3 aromatic carbocycles. The monoisotopic (exact) mass is 395 g/mol. The van der Waals surface area contributed by atoms with Crippen LogP contribution in [0.5, 0.6) is 0 Å². The van der Waals surface area contributed by atoms with Gasteiger partial charge >= 0.3 is 0 Å². The van der Waals surface area contributed by atoms with Crippen molar-refractivity contribution in [3.8, 4) is 0 Å². The van der Waals surface area contributed by atoms with Crippen LogP contribution in [0.1, 0.15) is 16.7 Å². The van der Waals surface area contributed by atoms with Crippen LogP contribution in [0.2, 0.25) is 0 Å². The molecular formula is C21H18BrNS. The van der Waals surface area contributed by atoms with Crippen LogP contribution < -0.4 is 0 Å². The quantitative estimate of drug-likeness (QED) is 0.434. The molecule has 0 radical (unpaired) electrons. The molecule has 3 heteroatoms. The Bertz CT molecular complexity index is 852. The van der Waals surface area contributed by atoms with Gasteiger partial charge in [0.1, 0.15) is 0 Å². The molecule has 0 aromatic heterocycles. The molecule has 3 aromatic rings. The van der Waals surface area contributed by atoms with Gasteiger partial charge in [0.25, 0.3) is 0 Å². The Balaban J connectivity index is 1.70. The van der Waals surface area contributed by atoms with E-state index < -0.39 is 0 Å². The molecule has 0 unspecified atom stereocenters. The molecule has 24 heavy (non-hydrogen) atoms. The molecule has 0 bridgehead atoms. The molecular weight excluding hydrogens is 378 g/mol. The van der Waals surface area contributed by atoms with E-state index in [4.69, 9.17) is 0 Å². The fourth-order valence-corrected chi connectivity index (χ4v) is 3.56. The standard InChI is InChI=1S/C21H18BrNS/c1-15-3-8-19(9-4-15)24-20-10-5-17(6-11-20)14-23-21-12-7-18(22)13-16(21)2/h3-14H,1-2H3. The predicted molar refractivity (Wildman–Crippen MR) is 108 cm³/mol. The van der Waals surface area contributed by atoms with E-state index in [0.29, 0.717) is 0 Å². The van der Waals surface area contributed by atoms with E-state index in [1.54, 1.807) is 11.8 Å². The molecule has 0 amide bonds. The molecule has 1 nitrogen and oxygen atoms in total. The summed E-state index contributed by atoms with van der Waals surface area (Å²) in [5.74, 6) is 0. The summed E-state index contributed by atoms with van der Waals surface area (Å²) >= 11 is 5.25. The van der Waals surface area contributed by atoms with Crippen molar-refractivity contribution in [1.29, 1.82) is 0 Å². The first kappa shape index (κ1) is 17.0. The number of benzene rings is 3. The normalized spacial score (nSPS) is 11.1. The minimum Gasteiger partial charge on any atom is -0.256 e. The van der Waals surface area contributed by atoms with Crippen molar-refractivity contribution >= 4 is 39.6 Å². The molecule has 0 aliphatic rings. The highest BCUT2D eigenvalue weighted by atomic mass is 79.9. The van der Waals surface area contributed by atoms with Crippen LogP contribution in [0, 0.1) is 13.8 Å². The van der Waals surface area contributed by atoms with Crippen LogP contribution in [-0.2, 0) is 0 Å². The van der Waals surface area contributed by atoms with Gasteiger partial charge in [-0.15, -0.1) is 0 Å². The fourth-order valence-electron chi connectivity index (χ4n) is 2.27. The van der Waals surface area contributed by atoms with E-state index in [-0.39, 0.29) is 0 Å². The van der Waals surface area contributed by atoms with Crippen molar-refractivity contribution in [1.82, 2.24) is 0 Å². The van der Waals surface area contributed by atoms with Crippen LogP contribution in [0.4, 0.5) is 5.69 Å². The second-order valence-corrected chi connectivity index (χ2v) is 7.74. The highest BCUT2D eigenvalue weighted by Crippen LogP contribution is 2.28. The highest BCUT2D eigenvalue weighted by Gasteiger charge is 1.99. The third-order valence-corrected chi connectivity index (χ3v) is 5.16. The zero-order valence-electron chi connectivity index (χ0n) is 13.7. The molecule has 0 heterocycles. The molecule has 0 fully saturated rings. The van der Waals surface area contributed by atoms with Gasteiger partial charge in [-0.05, 0) is 67.4 Å². The summed E-state index contributed by atoms with van der Waals surface area (Å²) < 4.78 is 1.08. The maximum Gasteiger partial charge on any atom is 0.0659 e. The van der Waals surface area contributed by atoms with Crippen LogP contribution in [-0.4, -0.2) is 6.21 Å². The first-order valence-electron chi connectivity index (χ1n) is 7.75. The Hall–Kier alpha value is -1.84. The van der Waals surface area contributed by atoms with Gasteiger partial charge in [-0.2, -0.15) is 0 Å². The maximum absolute atomic E-state index is 4.59. The molecule has 0 aliphatic carbocycles. The minimum atomic E-state index is 0.997. The molecule has 120 valence electrons. The van der Waals surface area contributed by atoms with Crippen molar-refractivity contribution < 1.29 is 0 Å². The zero-order valence-corrected chi connectivity index (χ0v) is 16.1. The first-order chi connectivity index (χ1) is 11.6. The first-order valence-corrected chi connectivity index (χ1v) is 9.36. The highest BCUT2D eigenvalue weighted by molar-refractivity contribution is 9.10. The predicted octanol–water partition coefficient (Wildman–Crippen LogP) is 6.97. The van der Waals surface area contributed by atoms with Gasteiger partial charge in [0.2, 0.25) is 0 Å². The summed E-state index contributed by atoms with van der Waals surface area (Å²) in [6, 6.07) is 23.2. The van der Waals surface area contributed by atoms with Crippen molar-refractivity contribution in [2.75, 3.05) is 0 Å². The molecule has 0 N–H and O–H groups in total. The van der Waals surface area contributed by atoms with Crippen molar-refractivity contribution in [2.24, 2.45) is 4.99 Å². The summed E-state index contributed by atoms with van der Waals surface area (Å²) in [6.07, 6.45) is 1.91. The topological polar surface area (TPSA) is 12.4 Å². The minimum absolute atomic E-state index is 0.997. The van der Waals surface area contributed by atoms with Crippen LogP contribution in [0.15, 0.2) is 86.0 Å². The van der Waals surface area contributed by atoms with E-state index >= 15 is 0 Å².